The highest BCUT2D eigenvalue weighted by molar-refractivity contribution is 5.71. The Kier molecular flexibility index (Phi) is 59.9. The van der Waals surface area contributed by atoms with E-state index in [1.54, 1.807) is 0 Å². The SMILES string of the molecule is CC/C=C\C/C=C\C/C=C\C/C=C\C/C=C\C/C=C\C/C=C\CCCCCCCC(=O)OCC(COC(=O)CCCCCCC)OC(=O)CCCCCCCCCCCCC/C=C\C/C=C\C/C=C\C/C=C\C/C=C\CC. The molecule has 0 aromatic rings. The first-order chi connectivity index (χ1) is 38.0. The number of rotatable bonds is 55. The van der Waals surface area contributed by atoms with E-state index in [9.17, 15) is 14.4 Å². The van der Waals surface area contributed by atoms with Crippen molar-refractivity contribution in [2.24, 2.45) is 0 Å². The molecule has 1 atom stereocenters. The summed E-state index contributed by atoms with van der Waals surface area (Å²) in [5.41, 5.74) is 0. The van der Waals surface area contributed by atoms with E-state index >= 15 is 0 Å². The van der Waals surface area contributed by atoms with E-state index in [-0.39, 0.29) is 31.1 Å². The second-order valence-corrected chi connectivity index (χ2v) is 20.2. The van der Waals surface area contributed by atoms with Crippen molar-refractivity contribution in [3.05, 3.63) is 146 Å². The van der Waals surface area contributed by atoms with Crippen LogP contribution < -0.4 is 0 Å². The Morgan fingerprint density at radius 1 is 0.273 bits per heavy atom. The molecule has 0 aliphatic rings. The molecule has 0 saturated carbocycles. The summed E-state index contributed by atoms with van der Waals surface area (Å²) in [4.78, 5) is 37.9. The fourth-order valence-electron chi connectivity index (χ4n) is 8.21. The summed E-state index contributed by atoms with van der Waals surface area (Å²) in [7, 11) is 0. The van der Waals surface area contributed by atoms with Crippen LogP contribution in [0.3, 0.4) is 0 Å². The Balaban J connectivity index is 4.14. The Morgan fingerprint density at radius 3 is 0.792 bits per heavy atom. The number of allylic oxidation sites excluding steroid dienone is 24. The molecule has 1 unspecified atom stereocenters. The number of carbonyl (C=O) groups is 3. The van der Waals surface area contributed by atoms with Crippen molar-refractivity contribution in [3.8, 4) is 0 Å². The molecule has 0 aromatic carbocycles. The van der Waals surface area contributed by atoms with Crippen LogP contribution >= 0.6 is 0 Å². The molecule has 0 saturated heterocycles. The van der Waals surface area contributed by atoms with E-state index in [2.05, 4.69) is 167 Å². The zero-order valence-corrected chi connectivity index (χ0v) is 49.7. The molecule has 0 aliphatic heterocycles. The molecule has 0 rings (SSSR count). The zero-order chi connectivity index (χ0) is 55.7. The average Bonchev–Trinajstić information content (AvgIpc) is 3.43. The van der Waals surface area contributed by atoms with Gasteiger partial charge in [-0.1, -0.05) is 269 Å². The van der Waals surface area contributed by atoms with E-state index in [4.69, 9.17) is 14.2 Å². The van der Waals surface area contributed by atoms with Crippen LogP contribution in [0.15, 0.2) is 146 Å². The summed E-state index contributed by atoms with van der Waals surface area (Å²) in [5.74, 6) is -0.930. The maximum atomic E-state index is 12.8. The predicted octanol–water partition coefficient (Wildman–Crippen LogP) is 21.5. The summed E-state index contributed by atoms with van der Waals surface area (Å²) in [5, 5.41) is 0. The van der Waals surface area contributed by atoms with Crippen LogP contribution in [-0.4, -0.2) is 37.2 Å². The van der Waals surface area contributed by atoms with Gasteiger partial charge in [0.15, 0.2) is 6.10 Å². The molecule has 0 bridgehead atoms. The van der Waals surface area contributed by atoms with Gasteiger partial charge in [-0.15, -0.1) is 0 Å². The molecular formula is C71H114O6. The highest BCUT2D eigenvalue weighted by Crippen LogP contribution is 2.15. The van der Waals surface area contributed by atoms with Crippen LogP contribution in [0.2, 0.25) is 0 Å². The van der Waals surface area contributed by atoms with E-state index in [0.717, 1.165) is 167 Å². The number of carbonyl (C=O) groups excluding carboxylic acids is 3. The average molecular weight is 1060 g/mol. The molecule has 77 heavy (non-hydrogen) atoms. The van der Waals surface area contributed by atoms with Gasteiger partial charge in [-0.2, -0.15) is 0 Å². The van der Waals surface area contributed by atoms with Gasteiger partial charge in [-0.05, 0) is 122 Å². The molecule has 0 N–H and O–H groups in total. The zero-order valence-electron chi connectivity index (χ0n) is 49.7. The first-order valence-electron chi connectivity index (χ1n) is 31.3. The lowest BCUT2D eigenvalue weighted by Crippen LogP contribution is -2.30. The number of esters is 3. The van der Waals surface area contributed by atoms with Gasteiger partial charge in [0.1, 0.15) is 13.2 Å². The van der Waals surface area contributed by atoms with Gasteiger partial charge in [-0.3, -0.25) is 14.4 Å². The topological polar surface area (TPSA) is 78.9 Å². The van der Waals surface area contributed by atoms with Crippen molar-refractivity contribution in [1.29, 1.82) is 0 Å². The molecular weight excluding hydrogens is 949 g/mol. The highest BCUT2D eigenvalue weighted by Gasteiger charge is 2.19. The van der Waals surface area contributed by atoms with Gasteiger partial charge in [0.25, 0.3) is 0 Å². The Hall–Kier alpha value is -4.71. The summed E-state index contributed by atoms with van der Waals surface area (Å²) >= 11 is 0. The number of ether oxygens (including phenoxy) is 3. The van der Waals surface area contributed by atoms with Crippen molar-refractivity contribution < 1.29 is 28.6 Å². The van der Waals surface area contributed by atoms with Crippen molar-refractivity contribution in [2.75, 3.05) is 13.2 Å². The van der Waals surface area contributed by atoms with Crippen LogP contribution in [0.5, 0.6) is 0 Å². The normalized spacial score (nSPS) is 13.1. The molecule has 0 amide bonds. The minimum atomic E-state index is -0.791. The monoisotopic (exact) mass is 1060 g/mol. The minimum Gasteiger partial charge on any atom is -0.462 e. The van der Waals surface area contributed by atoms with Gasteiger partial charge in [0.05, 0.1) is 0 Å². The molecule has 0 radical (unpaired) electrons. The summed E-state index contributed by atoms with van der Waals surface area (Å²) in [6.07, 6.45) is 91.8. The molecule has 6 heteroatoms. The van der Waals surface area contributed by atoms with Crippen molar-refractivity contribution in [2.45, 2.75) is 271 Å². The minimum absolute atomic E-state index is 0.0903. The predicted molar refractivity (Wildman–Crippen MR) is 334 cm³/mol. The van der Waals surface area contributed by atoms with E-state index in [1.165, 1.54) is 57.8 Å². The van der Waals surface area contributed by atoms with Gasteiger partial charge >= 0.3 is 17.9 Å². The number of hydrogen-bond acceptors (Lipinski definition) is 6. The molecule has 0 fully saturated rings. The Labute approximate surface area is 474 Å². The Morgan fingerprint density at radius 2 is 0.506 bits per heavy atom. The van der Waals surface area contributed by atoms with Crippen LogP contribution in [0, 0.1) is 0 Å². The van der Waals surface area contributed by atoms with Crippen LogP contribution in [0.4, 0.5) is 0 Å². The van der Waals surface area contributed by atoms with E-state index in [1.807, 2.05) is 0 Å². The quantitative estimate of drug-likeness (QED) is 0.0261. The third kappa shape index (κ3) is 62.0. The molecule has 0 aromatic heterocycles. The summed E-state index contributed by atoms with van der Waals surface area (Å²) in [6.45, 7) is 6.31. The highest BCUT2D eigenvalue weighted by atomic mass is 16.6. The van der Waals surface area contributed by atoms with Crippen molar-refractivity contribution >= 4 is 17.9 Å². The van der Waals surface area contributed by atoms with E-state index < -0.39 is 6.10 Å². The van der Waals surface area contributed by atoms with Gasteiger partial charge in [0.2, 0.25) is 0 Å². The summed E-state index contributed by atoms with van der Waals surface area (Å²) in [6, 6.07) is 0. The maximum absolute atomic E-state index is 12.8. The van der Waals surface area contributed by atoms with Crippen LogP contribution in [-0.2, 0) is 28.6 Å². The number of unbranched alkanes of at least 4 members (excludes halogenated alkanes) is 20. The first-order valence-corrected chi connectivity index (χ1v) is 31.3. The molecule has 6 nitrogen and oxygen atoms in total. The Bertz CT molecular complexity index is 1700. The first kappa shape index (κ1) is 72.3. The second kappa shape index (κ2) is 63.8. The summed E-state index contributed by atoms with van der Waals surface area (Å²) < 4.78 is 16.7. The maximum Gasteiger partial charge on any atom is 0.306 e. The van der Waals surface area contributed by atoms with Crippen molar-refractivity contribution in [3.63, 3.8) is 0 Å². The molecule has 0 heterocycles. The molecule has 0 spiro atoms. The third-order valence-electron chi connectivity index (χ3n) is 12.8. The lowest BCUT2D eigenvalue weighted by Gasteiger charge is -2.18. The van der Waals surface area contributed by atoms with Gasteiger partial charge in [-0.25, -0.2) is 0 Å². The third-order valence-corrected chi connectivity index (χ3v) is 12.8. The lowest BCUT2D eigenvalue weighted by atomic mass is 10.0. The lowest BCUT2D eigenvalue weighted by molar-refractivity contribution is -0.167. The smallest absolute Gasteiger partial charge is 0.306 e. The van der Waals surface area contributed by atoms with Crippen LogP contribution in [0.1, 0.15) is 265 Å². The van der Waals surface area contributed by atoms with Crippen molar-refractivity contribution in [1.82, 2.24) is 0 Å². The fourth-order valence-corrected chi connectivity index (χ4v) is 8.21. The van der Waals surface area contributed by atoms with Gasteiger partial charge < -0.3 is 14.2 Å². The van der Waals surface area contributed by atoms with Crippen LogP contribution in [0.25, 0.3) is 0 Å². The fraction of sp³-hybridized carbons (Fsp3) is 0.620. The largest absolute Gasteiger partial charge is 0.462 e. The molecule has 0 aliphatic carbocycles. The molecule has 434 valence electrons. The standard InChI is InChI=1S/C71H114O6/c1-4-7-10-13-15-17-19-21-23-25-27-29-31-33-35-37-39-41-43-45-47-49-51-53-55-58-61-64-70(73)76-67-68(66-75-69(72)63-60-57-12-9-6-3)77-71(74)65-62-59-56-54-52-50-48-46-44-42-40-38-36-34-32-30-28-26-24-22-20-18-16-14-11-8-5-2/h7-8,10-11,15-18,21-24,27-30,33-36,39,41,45,47,68H,4-6,9,12-14,19-20,25-26,31-32,37-38,40,42-44,46,48-67H2,1-3H3/b10-7-,11-8-,17-15-,18-16-,23-21-,24-22-,29-27-,30-28-,35-33-,36-34-,41-39-,47-45-. The van der Waals surface area contributed by atoms with E-state index in [0.29, 0.717) is 19.3 Å². The second-order valence-electron chi connectivity index (χ2n) is 20.2. The van der Waals surface area contributed by atoms with Gasteiger partial charge in [0, 0.05) is 19.3 Å². The number of hydrogen-bond donors (Lipinski definition) is 0.